The quantitative estimate of drug-likeness (QED) is 0.712. The topological polar surface area (TPSA) is 76.2 Å². The highest BCUT2D eigenvalue weighted by Crippen LogP contribution is 2.24. The van der Waals surface area contributed by atoms with Crippen LogP contribution in [0.25, 0.3) is 0 Å². The number of anilines is 1. The number of pyridine rings is 1. The summed E-state index contributed by atoms with van der Waals surface area (Å²) in [5, 5.41) is 8.72. The first-order valence-electron chi connectivity index (χ1n) is 4.31. The van der Waals surface area contributed by atoms with Crippen LogP contribution in [0.3, 0.4) is 0 Å². The number of nitrogens with two attached hydrogens (primary N) is 1. The second-order valence-corrected chi connectivity index (χ2v) is 4.22. The van der Waals surface area contributed by atoms with E-state index in [-0.39, 0.29) is 16.8 Å². The van der Waals surface area contributed by atoms with Gasteiger partial charge in [0.05, 0.1) is 5.69 Å². The highest BCUT2D eigenvalue weighted by Gasteiger charge is 2.17. The summed E-state index contributed by atoms with van der Waals surface area (Å²) in [4.78, 5) is 14.5. The van der Waals surface area contributed by atoms with E-state index >= 15 is 0 Å². The fourth-order valence-corrected chi connectivity index (χ4v) is 1.07. The van der Waals surface area contributed by atoms with Crippen LogP contribution >= 0.6 is 0 Å². The van der Waals surface area contributed by atoms with E-state index in [1.807, 2.05) is 20.8 Å². The van der Waals surface area contributed by atoms with Gasteiger partial charge in [-0.1, -0.05) is 20.8 Å². The fourth-order valence-electron chi connectivity index (χ4n) is 1.07. The van der Waals surface area contributed by atoms with Crippen molar-refractivity contribution in [3.8, 4) is 0 Å². The van der Waals surface area contributed by atoms with E-state index in [9.17, 15) is 4.79 Å². The zero-order valence-corrected chi connectivity index (χ0v) is 8.53. The molecule has 1 rings (SSSR count). The van der Waals surface area contributed by atoms with Crippen LogP contribution in [0.2, 0.25) is 0 Å². The summed E-state index contributed by atoms with van der Waals surface area (Å²) in [7, 11) is 0. The Kier molecular flexibility index (Phi) is 2.47. The Morgan fingerprint density at radius 1 is 1.50 bits per heavy atom. The van der Waals surface area contributed by atoms with Crippen molar-refractivity contribution >= 4 is 11.7 Å². The lowest BCUT2D eigenvalue weighted by atomic mass is 9.88. The number of carbonyl (C=O) groups is 1. The Labute approximate surface area is 82.8 Å². The van der Waals surface area contributed by atoms with Gasteiger partial charge in [-0.2, -0.15) is 0 Å². The van der Waals surface area contributed by atoms with Crippen LogP contribution in [0.5, 0.6) is 0 Å². The Bertz CT molecular complexity index is 367. The number of aromatic carboxylic acids is 1. The summed E-state index contributed by atoms with van der Waals surface area (Å²) < 4.78 is 0. The van der Waals surface area contributed by atoms with Gasteiger partial charge in [-0.25, -0.2) is 9.78 Å². The van der Waals surface area contributed by atoms with Crippen LogP contribution in [0.15, 0.2) is 12.3 Å². The summed E-state index contributed by atoms with van der Waals surface area (Å²) in [5.74, 6) is -1.09. The van der Waals surface area contributed by atoms with Gasteiger partial charge in [0, 0.05) is 6.20 Å². The SMILES string of the molecule is CC(C)(C)c1cnc(C(=O)O)c(N)c1. The van der Waals surface area contributed by atoms with Crippen molar-refractivity contribution in [2.24, 2.45) is 0 Å². The molecule has 0 radical (unpaired) electrons. The van der Waals surface area contributed by atoms with Gasteiger partial charge in [-0.15, -0.1) is 0 Å². The second-order valence-electron chi connectivity index (χ2n) is 4.22. The van der Waals surface area contributed by atoms with Crippen molar-refractivity contribution < 1.29 is 9.90 Å². The zero-order valence-electron chi connectivity index (χ0n) is 8.53. The van der Waals surface area contributed by atoms with Gasteiger partial charge in [-0.3, -0.25) is 0 Å². The molecule has 0 bridgehead atoms. The maximum absolute atomic E-state index is 10.6. The maximum Gasteiger partial charge on any atom is 0.356 e. The lowest BCUT2D eigenvalue weighted by Crippen LogP contribution is -2.14. The third-order valence-corrected chi connectivity index (χ3v) is 1.99. The monoisotopic (exact) mass is 194 g/mol. The molecule has 0 fully saturated rings. The lowest BCUT2D eigenvalue weighted by Gasteiger charge is -2.18. The van der Waals surface area contributed by atoms with Crippen molar-refractivity contribution in [3.63, 3.8) is 0 Å². The Morgan fingerprint density at radius 2 is 2.07 bits per heavy atom. The number of nitrogen functional groups attached to an aromatic ring is 1. The predicted octanol–water partition coefficient (Wildman–Crippen LogP) is 1.66. The molecular weight excluding hydrogens is 180 g/mol. The molecule has 3 N–H and O–H groups in total. The molecule has 0 spiro atoms. The average Bonchev–Trinajstić information content (AvgIpc) is 2.01. The largest absolute Gasteiger partial charge is 0.476 e. The van der Waals surface area contributed by atoms with Crippen LogP contribution in [0.1, 0.15) is 36.8 Å². The normalized spacial score (nSPS) is 11.4. The minimum Gasteiger partial charge on any atom is -0.476 e. The van der Waals surface area contributed by atoms with Crippen LogP contribution in [-0.4, -0.2) is 16.1 Å². The number of nitrogens with zero attached hydrogens (tertiary/aromatic N) is 1. The molecule has 76 valence electrons. The fraction of sp³-hybridized carbons (Fsp3) is 0.400. The molecule has 1 heterocycles. The number of hydrogen-bond acceptors (Lipinski definition) is 3. The van der Waals surface area contributed by atoms with Crippen LogP contribution < -0.4 is 5.73 Å². The average molecular weight is 194 g/mol. The van der Waals surface area contributed by atoms with Crippen molar-refractivity contribution in [3.05, 3.63) is 23.5 Å². The molecule has 14 heavy (non-hydrogen) atoms. The smallest absolute Gasteiger partial charge is 0.356 e. The van der Waals surface area contributed by atoms with Gasteiger partial charge in [-0.05, 0) is 17.0 Å². The predicted molar refractivity (Wildman–Crippen MR) is 54.3 cm³/mol. The van der Waals surface area contributed by atoms with Gasteiger partial charge in [0.1, 0.15) is 0 Å². The van der Waals surface area contributed by atoms with Gasteiger partial charge in [0.2, 0.25) is 0 Å². The number of rotatable bonds is 1. The molecule has 0 unspecified atom stereocenters. The number of carboxylic acid groups (broad SMARTS) is 1. The van der Waals surface area contributed by atoms with Gasteiger partial charge >= 0.3 is 5.97 Å². The molecule has 0 aliphatic carbocycles. The molecule has 0 saturated carbocycles. The summed E-state index contributed by atoms with van der Waals surface area (Å²) in [6.45, 7) is 6.05. The van der Waals surface area contributed by atoms with Crippen LogP contribution in [0.4, 0.5) is 5.69 Å². The van der Waals surface area contributed by atoms with E-state index in [1.165, 1.54) is 0 Å². The van der Waals surface area contributed by atoms with Crippen molar-refractivity contribution in [2.75, 3.05) is 5.73 Å². The second kappa shape index (κ2) is 3.29. The third kappa shape index (κ3) is 2.02. The minimum atomic E-state index is -1.09. The minimum absolute atomic E-state index is 0.0713. The first kappa shape index (κ1) is 10.5. The van der Waals surface area contributed by atoms with E-state index in [2.05, 4.69) is 4.98 Å². The first-order chi connectivity index (χ1) is 6.32. The molecule has 4 heteroatoms. The van der Waals surface area contributed by atoms with E-state index in [1.54, 1.807) is 12.3 Å². The summed E-state index contributed by atoms with van der Waals surface area (Å²) in [6.07, 6.45) is 1.56. The van der Waals surface area contributed by atoms with Gasteiger partial charge in [0.15, 0.2) is 5.69 Å². The molecule has 0 amide bonds. The molecule has 0 aliphatic rings. The third-order valence-electron chi connectivity index (χ3n) is 1.99. The van der Waals surface area contributed by atoms with Crippen LogP contribution in [-0.2, 0) is 5.41 Å². The van der Waals surface area contributed by atoms with E-state index in [4.69, 9.17) is 10.8 Å². The Hall–Kier alpha value is -1.58. The standard InChI is InChI=1S/C10H14N2O2/c1-10(2,3)6-4-7(11)8(9(13)14)12-5-6/h4-5H,11H2,1-3H3,(H,13,14). The molecule has 0 aliphatic heterocycles. The molecule has 0 saturated heterocycles. The summed E-state index contributed by atoms with van der Waals surface area (Å²) >= 11 is 0. The molecular formula is C10H14N2O2. The van der Waals surface area contributed by atoms with Gasteiger partial charge < -0.3 is 10.8 Å². The number of carboxylic acids is 1. The number of hydrogen-bond donors (Lipinski definition) is 2. The zero-order chi connectivity index (χ0) is 10.9. The molecule has 1 aromatic heterocycles. The van der Waals surface area contributed by atoms with Crippen molar-refractivity contribution in [1.29, 1.82) is 0 Å². The Morgan fingerprint density at radius 3 is 2.43 bits per heavy atom. The summed E-state index contributed by atoms with van der Waals surface area (Å²) in [5.41, 5.74) is 6.56. The van der Waals surface area contributed by atoms with E-state index in [0.29, 0.717) is 0 Å². The first-order valence-corrected chi connectivity index (χ1v) is 4.31. The van der Waals surface area contributed by atoms with Crippen molar-refractivity contribution in [2.45, 2.75) is 26.2 Å². The van der Waals surface area contributed by atoms with E-state index in [0.717, 1.165) is 5.56 Å². The molecule has 1 aromatic rings. The highest BCUT2D eigenvalue weighted by molar-refractivity contribution is 5.91. The van der Waals surface area contributed by atoms with Crippen LogP contribution in [0, 0.1) is 0 Å². The maximum atomic E-state index is 10.6. The van der Waals surface area contributed by atoms with Gasteiger partial charge in [0.25, 0.3) is 0 Å². The lowest BCUT2D eigenvalue weighted by molar-refractivity contribution is 0.0691. The highest BCUT2D eigenvalue weighted by atomic mass is 16.4. The summed E-state index contributed by atoms with van der Waals surface area (Å²) in [6, 6.07) is 1.66. The number of aromatic nitrogens is 1. The Balaban J connectivity index is 3.20. The molecule has 4 nitrogen and oxygen atoms in total. The molecule has 0 aromatic carbocycles. The molecule has 0 atom stereocenters. The van der Waals surface area contributed by atoms with E-state index < -0.39 is 5.97 Å². The van der Waals surface area contributed by atoms with Crippen molar-refractivity contribution in [1.82, 2.24) is 4.98 Å².